The van der Waals surface area contributed by atoms with Crippen molar-refractivity contribution in [3.05, 3.63) is 23.3 Å². The molecule has 2 amide bonds. The van der Waals surface area contributed by atoms with Gasteiger partial charge < -0.3 is 20.1 Å². The quantitative estimate of drug-likeness (QED) is 0.660. The third kappa shape index (κ3) is 5.94. The van der Waals surface area contributed by atoms with E-state index in [4.69, 9.17) is 14.6 Å². The predicted octanol–water partition coefficient (Wildman–Crippen LogP) is -0.156. The van der Waals surface area contributed by atoms with Crippen LogP contribution in [0.3, 0.4) is 0 Å². The molecule has 0 saturated carbocycles. The normalized spacial score (nSPS) is 23.4. The smallest absolute Gasteiger partial charge is 0.290 e. The van der Waals surface area contributed by atoms with Crippen LogP contribution >= 0.6 is 0 Å². The van der Waals surface area contributed by atoms with Crippen LogP contribution in [0.15, 0.2) is 6.33 Å². The summed E-state index contributed by atoms with van der Waals surface area (Å²) in [7, 11) is 3.51. The molecule has 3 heterocycles. The number of amides is 2. The summed E-state index contributed by atoms with van der Waals surface area (Å²) < 4.78 is 5.87. The van der Waals surface area contributed by atoms with Crippen molar-refractivity contribution in [1.29, 1.82) is 0 Å². The van der Waals surface area contributed by atoms with Gasteiger partial charge in [0, 0.05) is 39.3 Å². The minimum atomic E-state index is -0.250. The lowest BCUT2D eigenvalue weighted by atomic mass is 10.1. The Hall–Kier alpha value is -2.59. The molecular formula is C19H29N5O5. The second-order valence-corrected chi connectivity index (χ2v) is 7.49. The largest absolute Gasteiger partial charge is 0.483 e. The maximum Gasteiger partial charge on any atom is 0.290 e. The van der Waals surface area contributed by atoms with Gasteiger partial charge in [0.1, 0.15) is 6.33 Å². The molecule has 2 fully saturated rings. The second kappa shape index (κ2) is 10.3. The monoisotopic (exact) mass is 407 g/mol. The van der Waals surface area contributed by atoms with Gasteiger partial charge in [-0.15, -0.1) is 0 Å². The van der Waals surface area contributed by atoms with Gasteiger partial charge in [-0.05, 0) is 20.3 Å². The van der Waals surface area contributed by atoms with E-state index in [2.05, 4.69) is 20.2 Å². The van der Waals surface area contributed by atoms with E-state index in [0.29, 0.717) is 36.0 Å². The summed E-state index contributed by atoms with van der Waals surface area (Å²) in [5.41, 5.74) is 1.94. The molecule has 160 valence electrons. The number of carbonyl (C=O) groups is 3. The molecule has 2 aliphatic heterocycles. The molecule has 1 aromatic heterocycles. The average molecular weight is 407 g/mol. The van der Waals surface area contributed by atoms with Crippen molar-refractivity contribution in [1.82, 2.24) is 25.1 Å². The van der Waals surface area contributed by atoms with Gasteiger partial charge in [-0.25, -0.2) is 9.97 Å². The topological polar surface area (TPSA) is 125 Å². The van der Waals surface area contributed by atoms with Crippen LogP contribution < -0.4 is 5.32 Å². The summed E-state index contributed by atoms with van der Waals surface area (Å²) in [4.78, 5) is 45.1. The van der Waals surface area contributed by atoms with E-state index in [1.807, 2.05) is 13.8 Å². The first kappa shape index (κ1) is 22.7. The van der Waals surface area contributed by atoms with Crippen LogP contribution in [-0.4, -0.2) is 95.1 Å². The number of hydrogen-bond donors (Lipinski definition) is 2. The van der Waals surface area contributed by atoms with Gasteiger partial charge in [0.05, 0.1) is 36.1 Å². The molecule has 0 spiro atoms. The van der Waals surface area contributed by atoms with Gasteiger partial charge in [-0.2, -0.15) is 0 Å². The standard InChI is InChI=1S/C18H27N5O3.CH2O2/c1-11-17(12(2)20-10-19-11)18(25)21-13-5-14-9-26-15(8-23(14)7-13)6-16(24)22(3)4;2-1-3/h10,13-15H,5-9H2,1-4H3,(H,21,25);1H,(H,2,3)/t13-,14+,15+;/m1./s1. The van der Waals surface area contributed by atoms with Gasteiger partial charge in [-0.1, -0.05) is 0 Å². The van der Waals surface area contributed by atoms with Crippen LogP contribution in [0.4, 0.5) is 0 Å². The fourth-order valence-electron chi connectivity index (χ4n) is 3.73. The minimum Gasteiger partial charge on any atom is -0.483 e. The Morgan fingerprint density at radius 3 is 2.52 bits per heavy atom. The fourth-order valence-corrected chi connectivity index (χ4v) is 3.73. The minimum absolute atomic E-state index is 0.0680. The Balaban J connectivity index is 0.000000941. The highest BCUT2D eigenvalue weighted by molar-refractivity contribution is 5.96. The molecule has 1 aromatic rings. The molecule has 0 radical (unpaired) electrons. The highest BCUT2D eigenvalue weighted by atomic mass is 16.5. The molecule has 3 atom stereocenters. The number of aromatic nitrogens is 2. The second-order valence-electron chi connectivity index (χ2n) is 7.49. The molecule has 29 heavy (non-hydrogen) atoms. The van der Waals surface area contributed by atoms with Crippen molar-refractivity contribution in [3.63, 3.8) is 0 Å². The summed E-state index contributed by atoms with van der Waals surface area (Å²) >= 11 is 0. The van der Waals surface area contributed by atoms with Gasteiger partial charge in [0.2, 0.25) is 5.91 Å². The summed E-state index contributed by atoms with van der Waals surface area (Å²) in [5.74, 6) is -0.0433. The van der Waals surface area contributed by atoms with Gasteiger partial charge in [-0.3, -0.25) is 19.3 Å². The number of nitrogens with one attached hydrogen (secondary N) is 1. The van der Waals surface area contributed by atoms with E-state index >= 15 is 0 Å². The summed E-state index contributed by atoms with van der Waals surface area (Å²) in [6, 6.07) is 0.360. The first-order valence-electron chi connectivity index (χ1n) is 9.49. The van der Waals surface area contributed by atoms with Crippen LogP contribution in [0.2, 0.25) is 0 Å². The first-order valence-corrected chi connectivity index (χ1v) is 9.49. The number of morpholine rings is 1. The number of aryl methyl sites for hydroxylation is 2. The highest BCUT2D eigenvalue weighted by Gasteiger charge is 2.38. The molecule has 2 aliphatic rings. The first-order chi connectivity index (χ1) is 13.8. The fraction of sp³-hybridized carbons (Fsp3) is 0.632. The number of carboxylic acid groups (broad SMARTS) is 1. The van der Waals surface area contributed by atoms with Crippen molar-refractivity contribution in [2.24, 2.45) is 0 Å². The molecule has 3 rings (SSSR count). The molecule has 0 aliphatic carbocycles. The van der Waals surface area contributed by atoms with Gasteiger partial charge in [0.15, 0.2) is 0 Å². The maximum absolute atomic E-state index is 12.6. The zero-order valence-corrected chi connectivity index (χ0v) is 17.3. The van der Waals surface area contributed by atoms with Crippen molar-refractivity contribution in [3.8, 4) is 0 Å². The number of carbonyl (C=O) groups excluding carboxylic acids is 2. The maximum atomic E-state index is 12.6. The molecule has 2 saturated heterocycles. The lowest BCUT2D eigenvalue weighted by Crippen LogP contribution is -2.47. The SMILES string of the molecule is Cc1ncnc(C)c1C(=O)N[C@@H]1C[C@H]2CO[C@@H](CC(=O)N(C)C)CN2C1.O=CO. The number of nitrogens with zero attached hydrogens (tertiary/aromatic N) is 4. The molecule has 0 unspecified atom stereocenters. The molecule has 10 heteroatoms. The lowest BCUT2D eigenvalue weighted by molar-refractivity contribution is -0.134. The molecule has 0 aromatic carbocycles. The summed E-state index contributed by atoms with van der Waals surface area (Å²) in [5, 5.41) is 10.0. The molecule has 0 bridgehead atoms. The van der Waals surface area contributed by atoms with Crippen LogP contribution in [0.25, 0.3) is 0 Å². The van der Waals surface area contributed by atoms with Crippen LogP contribution in [0.5, 0.6) is 0 Å². The summed E-state index contributed by atoms with van der Waals surface area (Å²) in [6.07, 6.45) is 2.64. The molecule has 10 nitrogen and oxygen atoms in total. The summed E-state index contributed by atoms with van der Waals surface area (Å²) in [6.45, 7) is 5.50. The van der Waals surface area contributed by atoms with E-state index < -0.39 is 0 Å². The van der Waals surface area contributed by atoms with Crippen LogP contribution in [0.1, 0.15) is 34.6 Å². The van der Waals surface area contributed by atoms with Crippen LogP contribution in [0, 0.1) is 13.8 Å². The van der Waals surface area contributed by atoms with Crippen LogP contribution in [-0.2, 0) is 14.3 Å². The predicted molar refractivity (Wildman–Crippen MR) is 104 cm³/mol. The van der Waals surface area contributed by atoms with Crippen molar-refractivity contribution in [2.75, 3.05) is 33.8 Å². The Morgan fingerprint density at radius 2 is 1.93 bits per heavy atom. The zero-order valence-electron chi connectivity index (χ0n) is 17.3. The van der Waals surface area contributed by atoms with Gasteiger partial charge >= 0.3 is 0 Å². The van der Waals surface area contributed by atoms with Crippen molar-refractivity contribution >= 4 is 18.3 Å². The Morgan fingerprint density at radius 1 is 1.31 bits per heavy atom. The number of rotatable bonds is 4. The van der Waals surface area contributed by atoms with E-state index in [9.17, 15) is 9.59 Å². The molecule has 2 N–H and O–H groups in total. The Bertz CT molecular complexity index is 721. The average Bonchev–Trinajstić information content (AvgIpc) is 3.03. The lowest BCUT2D eigenvalue weighted by Gasteiger charge is -2.35. The Kier molecular flexibility index (Phi) is 8.03. The number of ether oxygens (including phenoxy) is 1. The number of fused-ring (bicyclic) bond motifs is 1. The van der Waals surface area contributed by atoms with E-state index in [0.717, 1.165) is 19.5 Å². The third-order valence-corrected chi connectivity index (χ3v) is 5.18. The van der Waals surface area contributed by atoms with Crippen molar-refractivity contribution < 1.29 is 24.2 Å². The van der Waals surface area contributed by atoms with Crippen molar-refractivity contribution in [2.45, 2.75) is 44.9 Å². The van der Waals surface area contributed by atoms with E-state index in [-0.39, 0.29) is 30.4 Å². The highest BCUT2D eigenvalue weighted by Crippen LogP contribution is 2.25. The zero-order chi connectivity index (χ0) is 21.6. The third-order valence-electron chi connectivity index (χ3n) is 5.18. The van der Waals surface area contributed by atoms with Gasteiger partial charge in [0.25, 0.3) is 12.4 Å². The number of hydrogen-bond acceptors (Lipinski definition) is 7. The van der Waals surface area contributed by atoms with E-state index in [1.54, 1.807) is 19.0 Å². The Labute approximate surface area is 170 Å². The van der Waals surface area contributed by atoms with E-state index in [1.165, 1.54) is 6.33 Å². The molecular weight excluding hydrogens is 378 g/mol.